The van der Waals surface area contributed by atoms with E-state index in [4.69, 9.17) is 22.1 Å². The molecule has 2 N–H and O–H groups in total. The molecule has 1 saturated heterocycles. The lowest BCUT2D eigenvalue weighted by Gasteiger charge is -2.33. The third-order valence-corrected chi connectivity index (χ3v) is 3.84. The van der Waals surface area contributed by atoms with Crippen molar-refractivity contribution in [3.05, 3.63) is 34.9 Å². The van der Waals surface area contributed by atoms with Gasteiger partial charge in [0.1, 0.15) is 6.10 Å². The smallest absolute Gasteiger partial charge is 0.223 e. The average molecular weight is 297 g/mol. The van der Waals surface area contributed by atoms with Crippen LogP contribution in [-0.2, 0) is 9.53 Å². The number of hydrogen-bond donors (Lipinski definition) is 1. The van der Waals surface area contributed by atoms with E-state index in [-0.39, 0.29) is 17.9 Å². The maximum atomic E-state index is 12.2. The lowest BCUT2D eigenvalue weighted by Crippen LogP contribution is -2.43. The second-order valence-electron chi connectivity index (χ2n) is 5.30. The van der Waals surface area contributed by atoms with Crippen molar-refractivity contribution in [1.82, 2.24) is 4.90 Å². The summed E-state index contributed by atoms with van der Waals surface area (Å²) in [6.07, 6.45) is 0.433. The van der Waals surface area contributed by atoms with Crippen molar-refractivity contribution < 1.29 is 9.53 Å². The zero-order chi connectivity index (χ0) is 14.5. The molecule has 1 heterocycles. The molecule has 1 amide bonds. The molecule has 0 bridgehead atoms. The van der Waals surface area contributed by atoms with Crippen LogP contribution in [0.5, 0.6) is 0 Å². The Balaban J connectivity index is 1.97. The van der Waals surface area contributed by atoms with Crippen LogP contribution in [-0.4, -0.2) is 37.0 Å². The number of rotatable bonds is 4. The molecule has 1 aromatic rings. The van der Waals surface area contributed by atoms with E-state index in [1.807, 2.05) is 36.1 Å². The van der Waals surface area contributed by atoms with Crippen LogP contribution in [0.4, 0.5) is 0 Å². The Morgan fingerprint density at radius 1 is 1.50 bits per heavy atom. The summed E-state index contributed by atoms with van der Waals surface area (Å²) in [6, 6.07) is 7.59. The summed E-state index contributed by atoms with van der Waals surface area (Å²) >= 11 is 5.89. The second-order valence-corrected chi connectivity index (χ2v) is 5.73. The minimum absolute atomic E-state index is 0.0712. The van der Waals surface area contributed by atoms with E-state index in [0.29, 0.717) is 37.7 Å². The second kappa shape index (κ2) is 7.07. The van der Waals surface area contributed by atoms with Crippen LogP contribution in [0.15, 0.2) is 24.3 Å². The molecule has 0 radical (unpaired) electrons. The Hall–Kier alpha value is -1.10. The van der Waals surface area contributed by atoms with Gasteiger partial charge >= 0.3 is 0 Å². The number of carbonyl (C=O) groups excluding carboxylic acids is 1. The van der Waals surface area contributed by atoms with Crippen LogP contribution < -0.4 is 5.73 Å². The van der Waals surface area contributed by atoms with Crippen LogP contribution in [0.25, 0.3) is 0 Å². The molecule has 0 saturated carbocycles. The maximum Gasteiger partial charge on any atom is 0.223 e. The summed E-state index contributed by atoms with van der Waals surface area (Å²) in [4.78, 5) is 14.1. The fraction of sp³-hybridized carbons (Fsp3) is 0.533. The van der Waals surface area contributed by atoms with Crippen molar-refractivity contribution >= 4 is 17.5 Å². The van der Waals surface area contributed by atoms with Gasteiger partial charge in [0.05, 0.1) is 13.2 Å². The standard InChI is InChI=1S/C15H21ClN2O2/c1-11(9-17)8-15(19)18-6-7-20-14(10-18)12-2-4-13(16)5-3-12/h2-5,11,14H,6-10,17H2,1H3. The maximum absolute atomic E-state index is 12.2. The molecule has 4 nitrogen and oxygen atoms in total. The van der Waals surface area contributed by atoms with Gasteiger partial charge in [-0.2, -0.15) is 0 Å². The van der Waals surface area contributed by atoms with E-state index in [2.05, 4.69) is 0 Å². The van der Waals surface area contributed by atoms with Crippen LogP contribution in [0.2, 0.25) is 5.02 Å². The van der Waals surface area contributed by atoms with Gasteiger partial charge in [-0.3, -0.25) is 4.79 Å². The van der Waals surface area contributed by atoms with Gasteiger partial charge in [0.2, 0.25) is 5.91 Å². The number of morpholine rings is 1. The molecule has 1 fully saturated rings. The fourth-order valence-corrected chi connectivity index (χ4v) is 2.39. The lowest BCUT2D eigenvalue weighted by molar-refractivity contribution is -0.139. The third kappa shape index (κ3) is 3.95. The van der Waals surface area contributed by atoms with Gasteiger partial charge in [-0.1, -0.05) is 30.7 Å². The molecule has 0 aliphatic carbocycles. The molecule has 1 aliphatic rings. The quantitative estimate of drug-likeness (QED) is 0.927. The van der Waals surface area contributed by atoms with Crippen LogP contribution in [0.1, 0.15) is 25.0 Å². The summed E-state index contributed by atoms with van der Waals surface area (Å²) in [5, 5.41) is 0.703. The molecule has 1 aromatic carbocycles. The lowest BCUT2D eigenvalue weighted by atomic mass is 10.1. The molecule has 2 atom stereocenters. The Morgan fingerprint density at radius 2 is 2.20 bits per heavy atom. The first kappa shape index (κ1) is 15.3. The number of nitrogens with zero attached hydrogens (tertiary/aromatic N) is 1. The van der Waals surface area contributed by atoms with Crippen LogP contribution in [0.3, 0.4) is 0 Å². The third-order valence-electron chi connectivity index (χ3n) is 3.59. The van der Waals surface area contributed by atoms with E-state index in [0.717, 1.165) is 5.56 Å². The largest absolute Gasteiger partial charge is 0.370 e. The van der Waals surface area contributed by atoms with Crippen molar-refractivity contribution in [3.8, 4) is 0 Å². The SMILES string of the molecule is CC(CN)CC(=O)N1CCOC(c2ccc(Cl)cc2)C1. The highest BCUT2D eigenvalue weighted by Gasteiger charge is 2.25. The molecule has 0 spiro atoms. The van der Waals surface area contributed by atoms with Crippen LogP contribution in [0, 0.1) is 5.92 Å². The zero-order valence-electron chi connectivity index (χ0n) is 11.7. The predicted octanol–water partition coefficient (Wildman–Crippen LogP) is 2.22. The first-order valence-corrected chi connectivity index (χ1v) is 7.33. The minimum Gasteiger partial charge on any atom is -0.370 e. The van der Waals surface area contributed by atoms with E-state index in [1.54, 1.807) is 0 Å². The number of amides is 1. The number of benzene rings is 1. The van der Waals surface area contributed by atoms with Gasteiger partial charge in [-0.25, -0.2) is 0 Å². The Morgan fingerprint density at radius 3 is 2.85 bits per heavy atom. The van der Waals surface area contributed by atoms with Crippen LogP contribution >= 0.6 is 11.6 Å². The summed E-state index contributed by atoms with van der Waals surface area (Å²) in [5.41, 5.74) is 6.63. The summed E-state index contributed by atoms with van der Waals surface area (Å²) < 4.78 is 5.75. The van der Waals surface area contributed by atoms with E-state index in [9.17, 15) is 4.79 Å². The van der Waals surface area contributed by atoms with E-state index >= 15 is 0 Å². The van der Waals surface area contributed by atoms with E-state index < -0.39 is 0 Å². The highest BCUT2D eigenvalue weighted by atomic mass is 35.5. The molecular weight excluding hydrogens is 276 g/mol. The Labute approximate surface area is 124 Å². The van der Waals surface area contributed by atoms with Gasteiger partial charge < -0.3 is 15.4 Å². The number of ether oxygens (including phenoxy) is 1. The van der Waals surface area contributed by atoms with E-state index in [1.165, 1.54) is 0 Å². The van der Waals surface area contributed by atoms with Gasteiger partial charge in [0.25, 0.3) is 0 Å². The van der Waals surface area contributed by atoms with Gasteiger partial charge in [-0.05, 0) is 30.2 Å². The van der Waals surface area contributed by atoms with Crippen molar-refractivity contribution in [2.24, 2.45) is 11.7 Å². The van der Waals surface area contributed by atoms with Gasteiger partial charge in [0.15, 0.2) is 0 Å². The first-order valence-electron chi connectivity index (χ1n) is 6.95. The van der Waals surface area contributed by atoms with Crippen molar-refractivity contribution in [2.45, 2.75) is 19.4 Å². The fourth-order valence-electron chi connectivity index (χ4n) is 2.27. The van der Waals surface area contributed by atoms with Gasteiger partial charge in [0, 0.05) is 18.0 Å². The average Bonchev–Trinajstić information content (AvgIpc) is 2.48. The highest BCUT2D eigenvalue weighted by Crippen LogP contribution is 2.24. The molecule has 0 aromatic heterocycles. The molecule has 5 heteroatoms. The Bertz CT molecular complexity index is 450. The number of nitrogens with two attached hydrogens (primary N) is 1. The normalized spacial score (nSPS) is 20.8. The highest BCUT2D eigenvalue weighted by molar-refractivity contribution is 6.30. The zero-order valence-corrected chi connectivity index (χ0v) is 12.5. The topological polar surface area (TPSA) is 55.6 Å². The molecule has 1 aliphatic heterocycles. The summed E-state index contributed by atoms with van der Waals surface area (Å²) in [7, 11) is 0. The summed E-state index contributed by atoms with van der Waals surface area (Å²) in [5.74, 6) is 0.379. The minimum atomic E-state index is -0.0712. The van der Waals surface area contributed by atoms with Crippen molar-refractivity contribution in [2.75, 3.05) is 26.2 Å². The summed E-state index contributed by atoms with van der Waals surface area (Å²) in [6.45, 7) is 4.35. The molecule has 2 rings (SSSR count). The predicted molar refractivity (Wildman–Crippen MR) is 79.6 cm³/mol. The molecule has 110 valence electrons. The van der Waals surface area contributed by atoms with Crippen molar-refractivity contribution in [3.63, 3.8) is 0 Å². The number of carbonyl (C=O) groups is 1. The number of hydrogen-bond acceptors (Lipinski definition) is 3. The number of halogens is 1. The molecule has 2 unspecified atom stereocenters. The first-order chi connectivity index (χ1) is 9.60. The monoisotopic (exact) mass is 296 g/mol. The van der Waals surface area contributed by atoms with Gasteiger partial charge in [-0.15, -0.1) is 0 Å². The van der Waals surface area contributed by atoms with Crippen molar-refractivity contribution in [1.29, 1.82) is 0 Å². The molecule has 20 heavy (non-hydrogen) atoms. The molecular formula is C15H21ClN2O2. The Kier molecular flexibility index (Phi) is 5.40.